The monoisotopic (exact) mass is 292 g/mol. The lowest BCUT2D eigenvalue weighted by Gasteiger charge is -2.29. The third-order valence-corrected chi connectivity index (χ3v) is 4.07. The maximum absolute atomic E-state index is 12.3. The fraction of sp³-hybridized carbons (Fsp3) is 0.533. The molecule has 6 heteroatoms. The number of aryl methyl sites for hydroxylation is 1. The minimum Gasteiger partial charge on any atom is -0.480 e. The molecule has 0 unspecified atom stereocenters. The van der Waals surface area contributed by atoms with Gasteiger partial charge in [-0.25, -0.2) is 4.79 Å². The van der Waals surface area contributed by atoms with Crippen LogP contribution < -0.4 is 10.9 Å². The van der Waals surface area contributed by atoms with Gasteiger partial charge in [0.1, 0.15) is 5.54 Å². The van der Waals surface area contributed by atoms with E-state index >= 15 is 0 Å². The number of aromatic nitrogens is 1. The third kappa shape index (κ3) is 3.32. The molecular weight excluding hydrogens is 272 g/mol. The Kier molecular flexibility index (Phi) is 4.45. The fourth-order valence-electron chi connectivity index (χ4n) is 2.74. The predicted octanol–water partition coefficient (Wildman–Crippen LogP) is 1.29. The molecule has 21 heavy (non-hydrogen) atoms. The van der Waals surface area contributed by atoms with Crippen LogP contribution in [0, 0.1) is 0 Å². The third-order valence-electron chi connectivity index (χ3n) is 4.07. The molecule has 114 valence electrons. The summed E-state index contributed by atoms with van der Waals surface area (Å²) in [6.07, 6.45) is 5.87. The molecule has 1 aromatic heterocycles. The number of carbonyl (C=O) groups is 2. The highest BCUT2D eigenvalue weighted by atomic mass is 16.4. The average molecular weight is 292 g/mol. The summed E-state index contributed by atoms with van der Waals surface area (Å²) >= 11 is 0. The van der Waals surface area contributed by atoms with Crippen molar-refractivity contribution < 1.29 is 14.7 Å². The largest absolute Gasteiger partial charge is 0.480 e. The van der Waals surface area contributed by atoms with Crippen molar-refractivity contribution >= 4 is 11.9 Å². The molecule has 1 aliphatic carbocycles. The topological polar surface area (TPSA) is 88.4 Å². The summed E-state index contributed by atoms with van der Waals surface area (Å²) in [5.74, 6) is -1.43. The first-order chi connectivity index (χ1) is 9.94. The van der Waals surface area contributed by atoms with Gasteiger partial charge in [-0.3, -0.25) is 9.59 Å². The lowest BCUT2D eigenvalue weighted by atomic mass is 9.90. The number of rotatable bonds is 3. The van der Waals surface area contributed by atoms with Crippen LogP contribution in [0.1, 0.15) is 48.9 Å². The van der Waals surface area contributed by atoms with Gasteiger partial charge in [-0.1, -0.05) is 25.7 Å². The van der Waals surface area contributed by atoms with Gasteiger partial charge in [0.25, 0.3) is 5.91 Å². The maximum atomic E-state index is 12.3. The van der Waals surface area contributed by atoms with Crippen molar-refractivity contribution in [2.75, 3.05) is 0 Å². The van der Waals surface area contributed by atoms with Gasteiger partial charge in [0, 0.05) is 19.3 Å². The van der Waals surface area contributed by atoms with Crippen LogP contribution >= 0.6 is 0 Å². The zero-order valence-electron chi connectivity index (χ0n) is 12.1. The van der Waals surface area contributed by atoms with Crippen molar-refractivity contribution in [2.45, 2.75) is 44.1 Å². The Labute approximate surface area is 122 Å². The van der Waals surface area contributed by atoms with E-state index in [4.69, 9.17) is 0 Å². The summed E-state index contributed by atoms with van der Waals surface area (Å²) in [7, 11) is 1.55. The van der Waals surface area contributed by atoms with Crippen molar-refractivity contribution in [2.24, 2.45) is 7.05 Å². The van der Waals surface area contributed by atoms with Gasteiger partial charge < -0.3 is 15.0 Å². The number of carboxylic acid groups (broad SMARTS) is 1. The normalized spacial score (nSPS) is 17.8. The molecule has 1 fully saturated rings. The van der Waals surface area contributed by atoms with Crippen molar-refractivity contribution in [3.8, 4) is 0 Å². The highest BCUT2D eigenvalue weighted by Crippen LogP contribution is 2.27. The van der Waals surface area contributed by atoms with Gasteiger partial charge in [-0.15, -0.1) is 0 Å². The first kappa shape index (κ1) is 15.3. The van der Waals surface area contributed by atoms with Crippen molar-refractivity contribution in [3.63, 3.8) is 0 Å². The number of amides is 1. The molecule has 2 N–H and O–H groups in total. The van der Waals surface area contributed by atoms with Gasteiger partial charge >= 0.3 is 5.97 Å². The number of carboxylic acids is 1. The molecule has 0 saturated heterocycles. The van der Waals surface area contributed by atoms with Crippen LogP contribution in [-0.4, -0.2) is 27.1 Å². The van der Waals surface area contributed by atoms with Gasteiger partial charge in [-0.2, -0.15) is 0 Å². The molecule has 0 spiro atoms. The summed E-state index contributed by atoms with van der Waals surface area (Å²) in [4.78, 5) is 35.3. The summed E-state index contributed by atoms with van der Waals surface area (Å²) in [6.45, 7) is 0. The highest BCUT2D eigenvalue weighted by Gasteiger charge is 2.40. The number of nitrogens with zero attached hydrogens (tertiary/aromatic N) is 1. The Balaban J connectivity index is 2.23. The standard InChI is InChI=1S/C15H20N2O4/c1-17-10-11(6-7-12(17)18)13(19)16-15(14(20)21)8-4-2-3-5-9-15/h6-7,10H,2-5,8-9H2,1H3,(H,16,19)(H,20,21). The van der Waals surface area contributed by atoms with E-state index in [-0.39, 0.29) is 5.56 Å². The lowest BCUT2D eigenvalue weighted by Crippen LogP contribution is -2.54. The van der Waals surface area contributed by atoms with E-state index in [2.05, 4.69) is 5.32 Å². The Bertz CT molecular complexity index is 598. The number of carbonyl (C=O) groups excluding carboxylic acids is 1. The summed E-state index contributed by atoms with van der Waals surface area (Å²) in [6, 6.07) is 2.72. The molecule has 0 aromatic carbocycles. The minimum absolute atomic E-state index is 0.214. The Morgan fingerprint density at radius 3 is 2.33 bits per heavy atom. The molecule has 1 aromatic rings. The zero-order chi connectivity index (χ0) is 15.5. The molecule has 0 aliphatic heterocycles. The Morgan fingerprint density at radius 2 is 1.81 bits per heavy atom. The molecule has 0 radical (unpaired) electrons. The van der Waals surface area contributed by atoms with Crippen LogP contribution in [0.25, 0.3) is 0 Å². The summed E-state index contributed by atoms with van der Waals surface area (Å²) in [5.41, 5.74) is -1.11. The number of aliphatic carboxylic acids is 1. The first-order valence-corrected chi connectivity index (χ1v) is 7.17. The van der Waals surface area contributed by atoms with Gasteiger partial charge in [-0.05, 0) is 18.9 Å². The minimum atomic E-state index is -1.19. The van der Waals surface area contributed by atoms with Gasteiger partial charge in [0.15, 0.2) is 0 Å². The summed E-state index contributed by atoms with van der Waals surface area (Å²) < 4.78 is 1.30. The second-order valence-electron chi connectivity index (χ2n) is 5.62. The molecule has 0 atom stereocenters. The Hall–Kier alpha value is -2.11. The summed E-state index contributed by atoms with van der Waals surface area (Å²) in [5, 5.41) is 12.2. The zero-order valence-corrected chi connectivity index (χ0v) is 12.1. The smallest absolute Gasteiger partial charge is 0.329 e. The maximum Gasteiger partial charge on any atom is 0.329 e. The van der Waals surface area contributed by atoms with E-state index in [0.717, 1.165) is 25.7 Å². The number of hydrogen-bond acceptors (Lipinski definition) is 3. The van der Waals surface area contributed by atoms with Crippen LogP contribution in [0.15, 0.2) is 23.1 Å². The molecule has 1 heterocycles. The van der Waals surface area contributed by atoms with Gasteiger partial charge in [0.05, 0.1) is 5.56 Å². The molecule has 1 amide bonds. The predicted molar refractivity (Wildman–Crippen MR) is 77.2 cm³/mol. The Morgan fingerprint density at radius 1 is 1.19 bits per heavy atom. The van der Waals surface area contributed by atoms with E-state index in [1.165, 1.54) is 22.9 Å². The van der Waals surface area contributed by atoms with E-state index in [9.17, 15) is 19.5 Å². The van der Waals surface area contributed by atoms with E-state index in [1.54, 1.807) is 7.05 Å². The fourth-order valence-corrected chi connectivity index (χ4v) is 2.74. The van der Waals surface area contributed by atoms with Crippen LogP contribution in [0.3, 0.4) is 0 Å². The quantitative estimate of drug-likeness (QED) is 0.822. The van der Waals surface area contributed by atoms with Crippen LogP contribution in [-0.2, 0) is 11.8 Å². The molecule has 2 rings (SSSR count). The second kappa shape index (κ2) is 6.11. The van der Waals surface area contributed by atoms with Crippen LogP contribution in [0.4, 0.5) is 0 Å². The SMILES string of the molecule is Cn1cc(C(=O)NC2(C(=O)O)CCCCCC2)ccc1=O. The van der Waals surface area contributed by atoms with Crippen molar-refractivity contribution in [3.05, 3.63) is 34.2 Å². The molecular formula is C15H20N2O4. The second-order valence-corrected chi connectivity index (χ2v) is 5.62. The van der Waals surface area contributed by atoms with Gasteiger partial charge in [0.2, 0.25) is 5.56 Å². The highest BCUT2D eigenvalue weighted by molar-refractivity contribution is 5.97. The lowest BCUT2D eigenvalue weighted by molar-refractivity contribution is -0.145. The molecule has 1 saturated carbocycles. The van der Waals surface area contributed by atoms with Crippen LogP contribution in [0.5, 0.6) is 0 Å². The van der Waals surface area contributed by atoms with Crippen molar-refractivity contribution in [1.29, 1.82) is 0 Å². The van der Waals surface area contributed by atoms with Crippen molar-refractivity contribution in [1.82, 2.24) is 9.88 Å². The molecule has 0 bridgehead atoms. The van der Waals surface area contributed by atoms with E-state index < -0.39 is 17.4 Å². The average Bonchev–Trinajstić information content (AvgIpc) is 2.68. The number of hydrogen-bond donors (Lipinski definition) is 2. The molecule has 6 nitrogen and oxygen atoms in total. The number of pyridine rings is 1. The van der Waals surface area contributed by atoms with E-state index in [0.29, 0.717) is 18.4 Å². The number of nitrogens with one attached hydrogen (secondary N) is 1. The first-order valence-electron chi connectivity index (χ1n) is 7.17. The van der Waals surface area contributed by atoms with E-state index in [1.807, 2.05) is 0 Å². The molecule has 1 aliphatic rings. The van der Waals surface area contributed by atoms with Crippen LogP contribution in [0.2, 0.25) is 0 Å².